The van der Waals surface area contributed by atoms with Gasteiger partial charge in [-0.3, -0.25) is 9.69 Å². The van der Waals surface area contributed by atoms with Crippen LogP contribution in [0.15, 0.2) is 23.8 Å². The molecule has 1 aliphatic rings. The summed E-state index contributed by atoms with van der Waals surface area (Å²) >= 11 is 0. The van der Waals surface area contributed by atoms with E-state index in [2.05, 4.69) is 78.5 Å². The molecule has 220 valence electrons. The van der Waals surface area contributed by atoms with Gasteiger partial charge in [0.1, 0.15) is 17.3 Å². The normalized spacial score (nSPS) is 16.6. The van der Waals surface area contributed by atoms with Crippen molar-refractivity contribution in [1.29, 1.82) is 0 Å². The van der Waals surface area contributed by atoms with Gasteiger partial charge in [-0.1, -0.05) is 25.0 Å². The van der Waals surface area contributed by atoms with Crippen molar-refractivity contribution in [2.45, 2.75) is 150 Å². The highest BCUT2D eigenvalue weighted by Crippen LogP contribution is 2.45. The molecule has 39 heavy (non-hydrogen) atoms. The Kier molecular flexibility index (Phi) is 13.7. The van der Waals surface area contributed by atoms with Crippen LogP contribution in [-0.2, 0) is 9.59 Å². The van der Waals surface area contributed by atoms with Crippen LogP contribution in [-0.4, -0.2) is 41.4 Å². The molecule has 0 spiro atoms. The maximum absolute atomic E-state index is 13.2. The van der Waals surface area contributed by atoms with Crippen molar-refractivity contribution in [3.05, 3.63) is 34.9 Å². The Balaban J connectivity index is 2.34. The Morgan fingerprint density at radius 1 is 0.949 bits per heavy atom. The van der Waals surface area contributed by atoms with Gasteiger partial charge in [-0.2, -0.15) is 0 Å². The fourth-order valence-electron chi connectivity index (χ4n) is 5.78. The smallest absolute Gasteiger partial charge is 0.311 e. The average molecular weight is 542 g/mol. The predicted molar refractivity (Wildman–Crippen MR) is 162 cm³/mol. The third kappa shape index (κ3) is 11.1. The highest BCUT2D eigenvalue weighted by atomic mass is 16.5. The number of hydrogen-bond donors (Lipinski definition) is 0. The van der Waals surface area contributed by atoms with Gasteiger partial charge in [-0.25, -0.2) is 0 Å². The summed E-state index contributed by atoms with van der Waals surface area (Å²) in [5.74, 6) is 2.14. The van der Waals surface area contributed by atoms with E-state index in [0.717, 1.165) is 68.4 Å². The summed E-state index contributed by atoms with van der Waals surface area (Å²) in [6, 6.07) is 5.16. The lowest BCUT2D eigenvalue weighted by Gasteiger charge is -2.30. The number of nitrogens with zero attached hydrogens (tertiary/aromatic N) is 1. The largest absolute Gasteiger partial charge is 0.491 e. The SMILES string of the molecule is CC(=O)CCCCC(C)c1cc(OC(=O)CCCN(C(C)C)C(C)C)c(C2CCC=C(C)C2)c(OC(C)C)c1. The van der Waals surface area contributed by atoms with Crippen LogP contribution in [0.2, 0.25) is 0 Å². The van der Waals surface area contributed by atoms with E-state index in [1.54, 1.807) is 6.92 Å². The van der Waals surface area contributed by atoms with Gasteiger partial charge in [0.2, 0.25) is 0 Å². The minimum atomic E-state index is -0.173. The number of esters is 1. The molecule has 1 aliphatic carbocycles. The molecule has 0 saturated carbocycles. The first-order valence-corrected chi connectivity index (χ1v) is 15.3. The molecular weight excluding hydrogens is 486 g/mol. The van der Waals surface area contributed by atoms with Gasteiger partial charge >= 0.3 is 5.97 Å². The van der Waals surface area contributed by atoms with Crippen LogP contribution in [0, 0.1) is 0 Å². The Bertz CT molecular complexity index is 954. The monoisotopic (exact) mass is 541 g/mol. The zero-order valence-electron chi connectivity index (χ0n) is 26.3. The second kappa shape index (κ2) is 16.2. The Hall–Kier alpha value is -2.14. The number of allylic oxidation sites excluding steroid dienone is 2. The molecule has 5 heteroatoms. The van der Waals surface area contributed by atoms with Crippen molar-refractivity contribution in [1.82, 2.24) is 4.90 Å². The number of unbranched alkanes of at least 4 members (excludes halogenated alkanes) is 1. The van der Waals surface area contributed by atoms with E-state index >= 15 is 0 Å². The summed E-state index contributed by atoms with van der Waals surface area (Å²) in [6.45, 7) is 19.8. The molecular formula is C34H55NO4. The van der Waals surface area contributed by atoms with Crippen LogP contribution in [0.3, 0.4) is 0 Å². The van der Waals surface area contributed by atoms with Gasteiger partial charge in [-0.05, 0) is 130 Å². The number of rotatable bonds is 16. The third-order valence-electron chi connectivity index (χ3n) is 7.81. The van der Waals surface area contributed by atoms with Gasteiger partial charge < -0.3 is 14.3 Å². The second-order valence-electron chi connectivity index (χ2n) is 12.5. The molecule has 0 aliphatic heterocycles. The summed E-state index contributed by atoms with van der Waals surface area (Å²) in [6.07, 6.45) is 10.0. The molecule has 0 amide bonds. The number of carbonyl (C=O) groups excluding carboxylic acids is 2. The van der Waals surface area contributed by atoms with E-state index in [-0.39, 0.29) is 29.7 Å². The van der Waals surface area contributed by atoms with Crippen molar-refractivity contribution in [2.24, 2.45) is 0 Å². The lowest BCUT2D eigenvalue weighted by molar-refractivity contribution is -0.134. The molecule has 0 radical (unpaired) electrons. The lowest BCUT2D eigenvalue weighted by Crippen LogP contribution is -2.37. The number of Topliss-reactive ketones (excluding diaryl/α,β-unsaturated/α-hetero) is 1. The van der Waals surface area contributed by atoms with Crippen molar-refractivity contribution in [2.75, 3.05) is 6.54 Å². The first kappa shape index (κ1) is 33.1. The fraction of sp³-hybridized carbons (Fsp3) is 0.706. The summed E-state index contributed by atoms with van der Waals surface area (Å²) in [5.41, 5.74) is 3.56. The Morgan fingerprint density at radius 2 is 1.62 bits per heavy atom. The third-order valence-corrected chi connectivity index (χ3v) is 7.81. The van der Waals surface area contributed by atoms with Crippen molar-refractivity contribution in [3.63, 3.8) is 0 Å². The number of carbonyl (C=O) groups is 2. The van der Waals surface area contributed by atoms with E-state index < -0.39 is 0 Å². The van der Waals surface area contributed by atoms with Gasteiger partial charge in [0.05, 0.1) is 6.10 Å². The molecule has 0 heterocycles. The highest BCUT2D eigenvalue weighted by molar-refractivity contribution is 5.75. The molecule has 2 atom stereocenters. The first-order valence-electron chi connectivity index (χ1n) is 15.3. The van der Waals surface area contributed by atoms with E-state index in [4.69, 9.17) is 9.47 Å². The van der Waals surface area contributed by atoms with Crippen molar-refractivity contribution in [3.8, 4) is 11.5 Å². The van der Waals surface area contributed by atoms with Crippen LogP contribution in [0.1, 0.15) is 143 Å². The summed E-state index contributed by atoms with van der Waals surface area (Å²) in [7, 11) is 0. The maximum atomic E-state index is 13.2. The fourth-order valence-corrected chi connectivity index (χ4v) is 5.78. The highest BCUT2D eigenvalue weighted by Gasteiger charge is 2.27. The van der Waals surface area contributed by atoms with E-state index in [9.17, 15) is 9.59 Å². The molecule has 0 N–H and O–H groups in total. The molecule has 0 aromatic heterocycles. The number of benzene rings is 1. The summed E-state index contributed by atoms with van der Waals surface area (Å²) in [4.78, 5) is 27.0. The van der Waals surface area contributed by atoms with Crippen molar-refractivity contribution < 1.29 is 19.1 Å². The quantitative estimate of drug-likeness (QED) is 0.0906. The first-order chi connectivity index (χ1) is 18.4. The van der Waals surface area contributed by atoms with Crippen molar-refractivity contribution >= 4 is 11.8 Å². The minimum absolute atomic E-state index is 0.0201. The zero-order valence-corrected chi connectivity index (χ0v) is 26.3. The van der Waals surface area contributed by atoms with E-state index in [0.29, 0.717) is 30.7 Å². The van der Waals surface area contributed by atoms with Gasteiger partial charge in [-0.15, -0.1) is 0 Å². The second-order valence-corrected chi connectivity index (χ2v) is 12.5. The predicted octanol–water partition coefficient (Wildman–Crippen LogP) is 8.74. The molecule has 1 aromatic carbocycles. The Labute approximate surface area is 238 Å². The van der Waals surface area contributed by atoms with Crippen LogP contribution >= 0.6 is 0 Å². The van der Waals surface area contributed by atoms with Gasteiger partial charge in [0.15, 0.2) is 0 Å². The molecule has 2 rings (SSSR count). The van der Waals surface area contributed by atoms with Crippen LogP contribution in [0.5, 0.6) is 11.5 Å². The number of hydrogen-bond acceptors (Lipinski definition) is 5. The molecule has 0 fully saturated rings. The molecule has 0 saturated heterocycles. The topological polar surface area (TPSA) is 55.8 Å². The zero-order chi connectivity index (χ0) is 29.1. The van der Waals surface area contributed by atoms with E-state index in [1.165, 1.54) is 5.57 Å². The molecule has 5 nitrogen and oxygen atoms in total. The summed E-state index contributed by atoms with van der Waals surface area (Å²) < 4.78 is 12.6. The molecule has 1 aromatic rings. The minimum Gasteiger partial charge on any atom is -0.491 e. The Morgan fingerprint density at radius 3 is 2.21 bits per heavy atom. The molecule has 0 bridgehead atoms. The van der Waals surface area contributed by atoms with Crippen LogP contribution in [0.4, 0.5) is 0 Å². The average Bonchev–Trinajstić information content (AvgIpc) is 2.83. The number of ether oxygens (including phenoxy) is 2. The van der Waals surface area contributed by atoms with Crippen LogP contribution < -0.4 is 9.47 Å². The van der Waals surface area contributed by atoms with E-state index in [1.807, 2.05) is 0 Å². The summed E-state index contributed by atoms with van der Waals surface area (Å²) in [5, 5.41) is 0. The molecule has 2 unspecified atom stereocenters. The maximum Gasteiger partial charge on any atom is 0.311 e. The number of ketones is 1. The lowest BCUT2D eigenvalue weighted by atomic mass is 9.82. The standard InChI is InChI=1S/C34H55NO4/c1-23(2)35(24(3)4)19-13-18-33(37)39-32-22-30(27(8)15-10-11-16-28(9)36)21-31(38-25(5)6)34(32)29-17-12-14-26(7)20-29/h14,21-25,27,29H,10-13,15-20H2,1-9H3. The van der Waals surface area contributed by atoms with Gasteiger partial charge in [0.25, 0.3) is 0 Å². The van der Waals surface area contributed by atoms with Gasteiger partial charge in [0, 0.05) is 30.5 Å². The van der Waals surface area contributed by atoms with Crippen LogP contribution in [0.25, 0.3) is 0 Å².